The van der Waals surface area contributed by atoms with Crippen LogP contribution >= 0.6 is 0 Å². The van der Waals surface area contributed by atoms with E-state index in [0.29, 0.717) is 56.2 Å². The monoisotopic (exact) mass is 381 g/mol. The van der Waals surface area contributed by atoms with Crippen molar-refractivity contribution in [1.29, 1.82) is 0 Å². The maximum absolute atomic E-state index is 12.9. The van der Waals surface area contributed by atoms with Gasteiger partial charge in [-0.25, -0.2) is 0 Å². The molecule has 0 atom stereocenters. The molecule has 1 heterocycles. The van der Waals surface area contributed by atoms with Crippen LogP contribution in [0.1, 0.15) is 47.4 Å². The van der Waals surface area contributed by atoms with Gasteiger partial charge < -0.3 is 14.4 Å². The highest BCUT2D eigenvalue weighted by molar-refractivity contribution is 5.98. The number of ether oxygens (including phenoxy) is 2. The van der Waals surface area contributed by atoms with E-state index >= 15 is 0 Å². The molecule has 2 aromatic rings. The number of Topliss-reactive ketones (excluding diaryl/α,β-unsaturated/α-hetero) is 1. The minimum Gasteiger partial charge on any atom is -0.490 e. The van der Waals surface area contributed by atoms with Gasteiger partial charge in [0.1, 0.15) is 0 Å². The topological polar surface area (TPSA) is 55.8 Å². The van der Waals surface area contributed by atoms with E-state index in [1.165, 1.54) is 0 Å². The van der Waals surface area contributed by atoms with Crippen LogP contribution in [0.5, 0.6) is 11.5 Å². The number of hydrogen-bond acceptors (Lipinski definition) is 4. The molecule has 1 amide bonds. The van der Waals surface area contributed by atoms with Crippen LogP contribution < -0.4 is 9.47 Å². The molecule has 5 heteroatoms. The van der Waals surface area contributed by atoms with Crippen LogP contribution in [-0.4, -0.2) is 42.9 Å². The van der Waals surface area contributed by atoms with Crippen LogP contribution in [-0.2, 0) is 0 Å². The molecule has 0 radical (unpaired) electrons. The molecule has 0 aromatic heterocycles. The number of benzene rings is 2. The summed E-state index contributed by atoms with van der Waals surface area (Å²) in [5.74, 6) is 1.35. The number of carbonyl (C=O) groups is 2. The van der Waals surface area contributed by atoms with Crippen LogP contribution in [0, 0.1) is 5.92 Å². The largest absolute Gasteiger partial charge is 0.490 e. The Morgan fingerprint density at radius 3 is 2.18 bits per heavy atom. The van der Waals surface area contributed by atoms with E-state index in [4.69, 9.17) is 9.47 Å². The Bertz CT molecular complexity index is 811. The fourth-order valence-electron chi connectivity index (χ4n) is 3.55. The molecule has 0 bridgehead atoms. The van der Waals surface area contributed by atoms with Gasteiger partial charge in [0.25, 0.3) is 5.91 Å². The zero-order chi connectivity index (χ0) is 19.9. The highest BCUT2D eigenvalue weighted by Gasteiger charge is 2.28. The first kappa shape index (κ1) is 19.9. The number of likely N-dealkylation sites (tertiary alicyclic amines) is 1. The van der Waals surface area contributed by atoms with Crippen LogP contribution in [0.3, 0.4) is 0 Å². The summed E-state index contributed by atoms with van der Waals surface area (Å²) in [6.45, 7) is 6.02. The third kappa shape index (κ3) is 4.53. The second-order valence-corrected chi connectivity index (χ2v) is 6.82. The lowest BCUT2D eigenvalue weighted by Crippen LogP contribution is -2.40. The molecular formula is C23H27NO4. The summed E-state index contributed by atoms with van der Waals surface area (Å²) in [6, 6.07) is 14.7. The van der Waals surface area contributed by atoms with E-state index in [2.05, 4.69) is 0 Å². The molecule has 28 heavy (non-hydrogen) atoms. The van der Waals surface area contributed by atoms with Gasteiger partial charge >= 0.3 is 0 Å². The van der Waals surface area contributed by atoms with Gasteiger partial charge in [-0.2, -0.15) is 0 Å². The Hall–Kier alpha value is -2.82. The van der Waals surface area contributed by atoms with Gasteiger partial charge in [-0.15, -0.1) is 0 Å². The SMILES string of the molecule is CCOc1ccc(C(=O)N2CCC(C(=O)c3ccccc3)CC2)cc1OCC. The molecule has 0 N–H and O–H groups in total. The summed E-state index contributed by atoms with van der Waals surface area (Å²) in [7, 11) is 0. The van der Waals surface area contributed by atoms with Gasteiger partial charge in [0.2, 0.25) is 0 Å². The molecule has 3 rings (SSSR count). The van der Waals surface area contributed by atoms with E-state index in [0.717, 1.165) is 5.56 Å². The molecule has 5 nitrogen and oxygen atoms in total. The van der Waals surface area contributed by atoms with Crippen molar-refractivity contribution in [2.75, 3.05) is 26.3 Å². The lowest BCUT2D eigenvalue weighted by atomic mass is 9.88. The Labute approximate surface area is 166 Å². The zero-order valence-electron chi connectivity index (χ0n) is 16.5. The molecule has 1 aliphatic rings. The third-order valence-corrected chi connectivity index (χ3v) is 5.00. The molecule has 2 aromatic carbocycles. The number of ketones is 1. The summed E-state index contributed by atoms with van der Waals surface area (Å²) in [5, 5.41) is 0. The lowest BCUT2D eigenvalue weighted by molar-refractivity contribution is 0.0650. The Kier molecular flexibility index (Phi) is 6.69. The number of piperidine rings is 1. The van der Waals surface area contributed by atoms with Crippen molar-refractivity contribution in [3.8, 4) is 11.5 Å². The van der Waals surface area contributed by atoms with Crippen molar-refractivity contribution in [2.45, 2.75) is 26.7 Å². The fourth-order valence-corrected chi connectivity index (χ4v) is 3.55. The minimum absolute atomic E-state index is 0.0224. The highest BCUT2D eigenvalue weighted by Crippen LogP contribution is 2.30. The van der Waals surface area contributed by atoms with Gasteiger partial charge in [0, 0.05) is 30.1 Å². The molecule has 1 aliphatic heterocycles. The van der Waals surface area contributed by atoms with Gasteiger partial charge in [-0.05, 0) is 44.9 Å². The number of rotatable bonds is 7. The molecule has 0 saturated carbocycles. The molecule has 148 valence electrons. The van der Waals surface area contributed by atoms with Crippen LogP contribution in [0.15, 0.2) is 48.5 Å². The first-order valence-electron chi connectivity index (χ1n) is 9.92. The second kappa shape index (κ2) is 9.40. The average Bonchev–Trinajstić information content (AvgIpc) is 2.75. The van der Waals surface area contributed by atoms with E-state index in [1.807, 2.05) is 49.1 Å². The first-order valence-corrected chi connectivity index (χ1v) is 9.92. The molecular weight excluding hydrogens is 354 g/mol. The Morgan fingerprint density at radius 2 is 1.54 bits per heavy atom. The van der Waals surface area contributed by atoms with Gasteiger partial charge in [0.15, 0.2) is 17.3 Å². The van der Waals surface area contributed by atoms with Crippen molar-refractivity contribution < 1.29 is 19.1 Å². The Balaban J connectivity index is 1.65. The number of hydrogen-bond donors (Lipinski definition) is 0. The van der Waals surface area contributed by atoms with E-state index in [1.54, 1.807) is 18.2 Å². The molecule has 1 fully saturated rings. The quantitative estimate of drug-likeness (QED) is 0.674. The number of amides is 1. The highest BCUT2D eigenvalue weighted by atomic mass is 16.5. The van der Waals surface area contributed by atoms with Gasteiger partial charge in [-0.3, -0.25) is 9.59 Å². The molecule has 1 saturated heterocycles. The van der Waals surface area contributed by atoms with Gasteiger partial charge in [0.05, 0.1) is 13.2 Å². The average molecular weight is 381 g/mol. The van der Waals surface area contributed by atoms with Crippen molar-refractivity contribution in [3.63, 3.8) is 0 Å². The normalized spacial score (nSPS) is 14.6. The number of carbonyl (C=O) groups excluding carboxylic acids is 2. The fraction of sp³-hybridized carbons (Fsp3) is 0.391. The summed E-state index contributed by atoms with van der Waals surface area (Å²) < 4.78 is 11.2. The minimum atomic E-state index is -0.0328. The maximum Gasteiger partial charge on any atom is 0.253 e. The summed E-state index contributed by atoms with van der Waals surface area (Å²) in [6.07, 6.45) is 1.38. The van der Waals surface area contributed by atoms with Crippen LogP contribution in [0.25, 0.3) is 0 Å². The van der Waals surface area contributed by atoms with Crippen molar-refractivity contribution in [2.24, 2.45) is 5.92 Å². The van der Waals surface area contributed by atoms with Crippen LogP contribution in [0.4, 0.5) is 0 Å². The van der Waals surface area contributed by atoms with E-state index < -0.39 is 0 Å². The van der Waals surface area contributed by atoms with Crippen LogP contribution in [0.2, 0.25) is 0 Å². The maximum atomic E-state index is 12.9. The second-order valence-electron chi connectivity index (χ2n) is 6.82. The first-order chi connectivity index (χ1) is 13.6. The standard InChI is InChI=1S/C23H27NO4/c1-3-27-20-11-10-19(16-21(20)28-4-2)23(26)24-14-12-18(13-15-24)22(25)17-8-6-5-7-9-17/h5-11,16,18H,3-4,12-15H2,1-2H3. The molecule has 0 unspecified atom stereocenters. The smallest absolute Gasteiger partial charge is 0.253 e. The van der Waals surface area contributed by atoms with Crippen molar-refractivity contribution in [1.82, 2.24) is 4.90 Å². The number of nitrogens with zero attached hydrogens (tertiary/aromatic N) is 1. The zero-order valence-corrected chi connectivity index (χ0v) is 16.5. The van der Waals surface area contributed by atoms with E-state index in [-0.39, 0.29) is 17.6 Å². The summed E-state index contributed by atoms with van der Waals surface area (Å²) >= 11 is 0. The Morgan fingerprint density at radius 1 is 0.893 bits per heavy atom. The summed E-state index contributed by atoms with van der Waals surface area (Å²) in [4.78, 5) is 27.4. The van der Waals surface area contributed by atoms with Gasteiger partial charge in [-0.1, -0.05) is 30.3 Å². The van der Waals surface area contributed by atoms with Crippen molar-refractivity contribution >= 4 is 11.7 Å². The van der Waals surface area contributed by atoms with E-state index in [9.17, 15) is 9.59 Å². The molecule has 0 aliphatic carbocycles. The predicted octanol–water partition coefficient (Wildman–Crippen LogP) is 4.22. The lowest BCUT2D eigenvalue weighted by Gasteiger charge is -2.31. The predicted molar refractivity (Wildman–Crippen MR) is 108 cm³/mol. The molecule has 0 spiro atoms. The third-order valence-electron chi connectivity index (χ3n) is 5.00. The summed E-state index contributed by atoms with van der Waals surface area (Å²) in [5.41, 5.74) is 1.33. The van der Waals surface area contributed by atoms with Crippen molar-refractivity contribution in [3.05, 3.63) is 59.7 Å².